The van der Waals surface area contributed by atoms with Gasteiger partial charge in [0.05, 0.1) is 5.56 Å². The van der Waals surface area contributed by atoms with Crippen LogP contribution in [0.2, 0.25) is 0 Å². The molecule has 0 heterocycles. The molecule has 1 aromatic rings. The second-order valence-electron chi connectivity index (χ2n) is 2.86. The summed E-state index contributed by atoms with van der Waals surface area (Å²) in [6.45, 7) is 0. The minimum Gasteiger partial charge on any atom is -0.507 e. The minimum absolute atomic E-state index is 0.102. The average molecular weight is 206 g/mol. The van der Waals surface area contributed by atoms with Gasteiger partial charge in [-0.2, -0.15) is 0 Å². The Labute approximate surface area is 86.0 Å². The van der Waals surface area contributed by atoms with Crippen LogP contribution in [0.1, 0.15) is 11.1 Å². The Balaban J connectivity index is 3.08. The second-order valence-corrected chi connectivity index (χ2v) is 2.86. The molecule has 5 heteroatoms. The first-order chi connectivity index (χ1) is 7.00. The predicted molar refractivity (Wildman–Crippen MR) is 55.8 cm³/mol. The highest BCUT2D eigenvalue weighted by molar-refractivity contribution is 5.98. The largest absolute Gasteiger partial charge is 0.507 e. The van der Waals surface area contributed by atoms with Crippen molar-refractivity contribution in [2.75, 3.05) is 0 Å². The lowest BCUT2D eigenvalue weighted by atomic mass is 10.1. The Bertz CT molecular complexity index is 438. The Morgan fingerprint density at radius 3 is 2.67 bits per heavy atom. The van der Waals surface area contributed by atoms with E-state index in [9.17, 15) is 9.90 Å². The number of carboxylic acids is 1. The summed E-state index contributed by atoms with van der Waals surface area (Å²) in [7, 11) is 0. The van der Waals surface area contributed by atoms with E-state index in [-0.39, 0.29) is 17.1 Å². The van der Waals surface area contributed by atoms with Crippen LogP contribution in [0.4, 0.5) is 0 Å². The number of phenols is 1. The number of rotatable bonds is 3. The topological polar surface area (TPSA) is 107 Å². The Morgan fingerprint density at radius 2 is 2.13 bits per heavy atom. The quantitative estimate of drug-likeness (QED) is 0.333. The van der Waals surface area contributed by atoms with Crippen molar-refractivity contribution in [3.8, 4) is 5.75 Å². The molecule has 0 fully saturated rings. The summed E-state index contributed by atoms with van der Waals surface area (Å²) < 4.78 is 0. The summed E-state index contributed by atoms with van der Waals surface area (Å²) in [5.41, 5.74) is 5.96. The number of benzene rings is 1. The highest BCUT2D eigenvalue weighted by Crippen LogP contribution is 2.18. The maximum atomic E-state index is 10.3. The number of aliphatic carboxylic acids is 1. The molecule has 78 valence electrons. The van der Waals surface area contributed by atoms with Crippen LogP contribution in [0.3, 0.4) is 0 Å². The monoisotopic (exact) mass is 206 g/mol. The van der Waals surface area contributed by atoms with Crippen LogP contribution in [-0.4, -0.2) is 22.0 Å². The summed E-state index contributed by atoms with van der Waals surface area (Å²) in [6.07, 6.45) is 2.32. The number of nitrogens with one attached hydrogen (secondary N) is 1. The third-order valence-electron chi connectivity index (χ3n) is 1.73. The lowest BCUT2D eigenvalue weighted by molar-refractivity contribution is -0.131. The molecule has 0 aliphatic heterocycles. The highest BCUT2D eigenvalue weighted by Gasteiger charge is 2.04. The summed E-state index contributed by atoms with van der Waals surface area (Å²) in [6, 6.07) is 4.33. The molecule has 0 aliphatic carbocycles. The summed E-state index contributed by atoms with van der Waals surface area (Å²) in [4.78, 5) is 10.3. The standard InChI is InChI=1S/C10H10N2O3/c11-10(12)7-5-6(1-3-8(7)13)2-4-9(14)15/h1-5,13H,(H3,11,12)(H,14,15). The molecule has 0 amide bonds. The fraction of sp³-hybridized carbons (Fsp3) is 0. The molecule has 0 saturated heterocycles. The number of hydrogen-bond acceptors (Lipinski definition) is 3. The maximum absolute atomic E-state index is 10.3. The van der Waals surface area contributed by atoms with E-state index < -0.39 is 5.97 Å². The molecule has 5 nitrogen and oxygen atoms in total. The van der Waals surface area contributed by atoms with E-state index >= 15 is 0 Å². The van der Waals surface area contributed by atoms with Gasteiger partial charge in [0.15, 0.2) is 0 Å². The molecule has 0 radical (unpaired) electrons. The van der Waals surface area contributed by atoms with Crippen molar-refractivity contribution in [3.63, 3.8) is 0 Å². The van der Waals surface area contributed by atoms with Crippen LogP contribution in [0, 0.1) is 5.41 Å². The third-order valence-corrected chi connectivity index (χ3v) is 1.73. The number of amidine groups is 1. The smallest absolute Gasteiger partial charge is 0.328 e. The number of hydrogen-bond donors (Lipinski definition) is 4. The number of phenolic OH excluding ortho intramolecular Hbond substituents is 1. The maximum Gasteiger partial charge on any atom is 0.328 e. The molecular weight excluding hydrogens is 196 g/mol. The van der Waals surface area contributed by atoms with E-state index in [0.29, 0.717) is 5.56 Å². The van der Waals surface area contributed by atoms with Gasteiger partial charge in [0.25, 0.3) is 0 Å². The third kappa shape index (κ3) is 2.84. The van der Waals surface area contributed by atoms with Crippen LogP contribution < -0.4 is 5.73 Å². The number of nitrogens with two attached hydrogens (primary N) is 1. The van der Waals surface area contributed by atoms with E-state index in [1.54, 1.807) is 0 Å². The SMILES string of the molecule is N=C(N)c1cc(C=CC(=O)O)ccc1O. The van der Waals surface area contributed by atoms with Crippen molar-refractivity contribution < 1.29 is 15.0 Å². The first-order valence-corrected chi connectivity index (χ1v) is 4.09. The first kappa shape index (κ1) is 10.8. The van der Waals surface area contributed by atoms with Gasteiger partial charge < -0.3 is 15.9 Å². The van der Waals surface area contributed by atoms with Gasteiger partial charge in [0.2, 0.25) is 0 Å². The van der Waals surface area contributed by atoms with Gasteiger partial charge in [0, 0.05) is 6.08 Å². The van der Waals surface area contributed by atoms with Gasteiger partial charge in [-0.15, -0.1) is 0 Å². The summed E-state index contributed by atoms with van der Waals surface area (Å²) in [5.74, 6) is -1.43. The zero-order chi connectivity index (χ0) is 11.4. The van der Waals surface area contributed by atoms with E-state index in [2.05, 4.69) is 0 Å². The van der Waals surface area contributed by atoms with Crippen LogP contribution in [0.5, 0.6) is 5.75 Å². The number of nitrogen functional groups attached to an aromatic ring is 1. The van der Waals surface area contributed by atoms with E-state index in [0.717, 1.165) is 6.08 Å². The second kappa shape index (κ2) is 4.28. The molecule has 1 rings (SSSR count). The van der Waals surface area contributed by atoms with Crippen molar-refractivity contribution in [1.29, 1.82) is 5.41 Å². The molecule has 0 aromatic heterocycles. The first-order valence-electron chi connectivity index (χ1n) is 4.09. The van der Waals surface area contributed by atoms with Crippen molar-refractivity contribution in [3.05, 3.63) is 35.4 Å². The molecule has 0 bridgehead atoms. The zero-order valence-electron chi connectivity index (χ0n) is 7.77. The van der Waals surface area contributed by atoms with Gasteiger partial charge in [-0.1, -0.05) is 6.07 Å². The molecule has 1 aromatic carbocycles. The van der Waals surface area contributed by atoms with Crippen LogP contribution in [-0.2, 0) is 4.79 Å². The lowest BCUT2D eigenvalue weighted by Gasteiger charge is -2.02. The molecule has 0 atom stereocenters. The van der Waals surface area contributed by atoms with Crippen molar-refractivity contribution in [1.82, 2.24) is 0 Å². The minimum atomic E-state index is -1.06. The molecule has 0 spiro atoms. The van der Waals surface area contributed by atoms with Crippen LogP contribution >= 0.6 is 0 Å². The average Bonchev–Trinajstić information content (AvgIpc) is 2.16. The molecular formula is C10H10N2O3. The van der Waals surface area contributed by atoms with Gasteiger partial charge in [-0.05, 0) is 23.8 Å². The highest BCUT2D eigenvalue weighted by atomic mass is 16.4. The van der Waals surface area contributed by atoms with Crippen molar-refractivity contribution in [2.45, 2.75) is 0 Å². The summed E-state index contributed by atoms with van der Waals surface area (Å²) >= 11 is 0. The fourth-order valence-corrected chi connectivity index (χ4v) is 1.04. The van der Waals surface area contributed by atoms with Crippen LogP contribution in [0.25, 0.3) is 6.08 Å². The summed E-state index contributed by atoms with van der Waals surface area (Å²) in [5, 5.41) is 24.9. The zero-order valence-corrected chi connectivity index (χ0v) is 7.77. The van der Waals surface area contributed by atoms with Gasteiger partial charge in [-0.3, -0.25) is 5.41 Å². The molecule has 15 heavy (non-hydrogen) atoms. The van der Waals surface area contributed by atoms with Gasteiger partial charge in [0.1, 0.15) is 11.6 Å². The Hall–Kier alpha value is -2.30. The fourth-order valence-electron chi connectivity index (χ4n) is 1.04. The Kier molecular flexibility index (Phi) is 3.07. The number of carbonyl (C=O) groups is 1. The predicted octanol–water partition coefficient (Wildman–Crippen LogP) is 0.774. The van der Waals surface area contributed by atoms with Crippen molar-refractivity contribution >= 4 is 17.9 Å². The van der Waals surface area contributed by atoms with Crippen molar-refractivity contribution in [2.24, 2.45) is 5.73 Å². The normalized spacial score (nSPS) is 10.4. The van der Waals surface area contributed by atoms with E-state index in [1.165, 1.54) is 24.3 Å². The molecule has 5 N–H and O–H groups in total. The van der Waals surface area contributed by atoms with E-state index in [1.807, 2.05) is 0 Å². The molecule has 0 unspecified atom stereocenters. The molecule has 0 saturated carbocycles. The number of aromatic hydroxyl groups is 1. The van der Waals surface area contributed by atoms with E-state index in [4.69, 9.17) is 16.2 Å². The lowest BCUT2D eigenvalue weighted by Crippen LogP contribution is -2.11. The van der Waals surface area contributed by atoms with Crippen LogP contribution in [0.15, 0.2) is 24.3 Å². The molecule has 0 aliphatic rings. The Morgan fingerprint density at radius 1 is 1.47 bits per heavy atom. The van der Waals surface area contributed by atoms with Gasteiger partial charge in [-0.25, -0.2) is 4.79 Å². The van der Waals surface area contributed by atoms with Gasteiger partial charge >= 0.3 is 5.97 Å². The number of carboxylic acid groups (broad SMARTS) is 1.